The van der Waals surface area contributed by atoms with E-state index in [1.54, 1.807) is 0 Å². The third kappa shape index (κ3) is 4.57. The van der Waals surface area contributed by atoms with Crippen molar-refractivity contribution in [1.82, 2.24) is 9.78 Å². The molecule has 0 aliphatic rings. The minimum Gasteiger partial charge on any atom is -0.430 e. The van der Waals surface area contributed by atoms with Gasteiger partial charge in [-0.25, -0.2) is 25.9 Å². The number of nitriles is 1. The minimum atomic E-state index is -4.42. The van der Waals surface area contributed by atoms with Crippen LogP contribution in [-0.4, -0.2) is 45.7 Å². The number of sulfonamides is 2. The van der Waals surface area contributed by atoms with Crippen molar-refractivity contribution < 1.29 is 34.7 Å². The average molecular weight is 473 g/mol. The van der Waals surface area contributed by atoms with E-state index in [0.29, 0.717) is 29.3 Å². The van der Waals surface area contributed by atoms with Crippen LogP contribution in [-0.2, 0) is 20.0 Å². The summed E-state index contributed by atoms with van der Waals surface area (Å²) in [7, 11) is -8.85. The molecule has 0 aliphatic carbocycles. The lowest BCUT2D eigenvalue weighted by Crippen LogP contribution is -2.35. The van der Waals surface area contributed by atoms with Gasteiger partial charge in [0.15, 0.2) is 17.3 Å². The molecule has 0 radical (unpaired) electrons. The van der Waals surface area contributed by atoms with Crippen LogP contribution in [0.15, 0.2) is 12.1 Å². The lowest BCUT2D eigenvalue weighted by atomic mass is 10.2. The van der Waals surface area contributed by atoms with Crippen molar-refractivity contribution in [2.45, 2.75) is 13.5 Å². The van der Waals surface area contributed by atoms with Crippen molar-refractivity contribution in [1.29, 1.82) is 5.26 Å². The first-order valence-corrected chi connectivity index (χ1v) is 11.4. The second-order valence-corrected chi connectivity index (χ2v) is 9.94. The first-order chi connectivity index (χ1) is 13.2. The van der Waals surface area contributed by atoms with Crippen LogP contribution in [0.5, 0.6) is 5.75 Å². The number of anilines is 1. The number of alkyl halides is 2. The van der Waals surface area contributed by atoms with Gasteiger partial charge in [-0.3, -0.25) is 0 Å². The highest BCUT2D eigenvalue weighted by Gasteiger charge is 2.31. The van der Waals surface area contributed by atoms with Crippen LogP contribution in [0, 0.1) is 24.1 Å². The topological polar surface area (TPSA) is 122 Å². The monoisotopic (exact) mass is 472 g/mol. The molecule has 0 saturated carbocycles. The molecule has 0 atom stereocenters. The second kappa shape index (κ2) is 7.73. The van der Waals surface area contributed by atoms with Crippen LogP contribution in [0.4, 0.5) is 18.9 Å². The fourth-order valence-electron chi connectivity index (χ4n) is 2.45. The van der Waals surface area contributed by atoms with E-state index in [0.717, 1.165) is 0 Å². The molecule has 2 aromatic rings. The van der Waals surface area contributed by atoms with E-state index in [2.05, 4.69) is 9.84 Å². The van der Waals surface area contributed by atoms with Crippen molar-refractivity contribution in [3.63, 3.8) is 0 Å². The fraction of sp³-hybridized carbons (Fsp3) is 0.286. The summed E-state index contributed by atoms with van der Waals surface area (Å²) in [5.74, 6) is -1.76. The Hall–Kier alpha value is -2.50. The fourth-order valence-corrected chi connectivity index (χ4v) is 5.77. The summed E-state index contributed by atoms with van der Waals surface area (Å²) in [5, 5.41) is 12.5. The molecule has 0 amide bonds. The number of hydrogen-bond donors (Lipinski definition) is 0. The number of aryl methyl sites for hydroxylation is 1. The summed E-state index contributed by atoms with van der Waals surface area (Å²) in [6.45, 7) is -2.08. The summed E-state index contributed by atoms with van der Waals surface area (Å²) in [6.07, 6.45) is 1.17. The quantitative estimate of drug-likeness (QED) is 0.631. The van der Waals surface area contributed by atoms with Crippen LogP contribution in [0.3, 0.4) is 0 Å². The SMILES string of the molecule is Cc1nn(-c2cc(N(S(C)(=O)=O)S(C)(=O)=O)c(Cl)cc2F)c(C#N)c1OC(F)F. The summed E-state index contributed by atoms with van der Waals surface area (Å²) in [4.78, 5) is 0. The summed E-state index contributed by atoms with van der Waals surface area (Å²) < 4.78 is 92.4. The molecule has 158 valence electrons. The standard InChI is InChI=1S/C14H12ClF3N4O5S2/c1-7-13(27-14(17)18)12(6-19)21(20-7)11-5-10(8(15)4-9(11)16)22(28(2,23)24)29(3,25)26/h4-5,14H,1-3H3. The number of nitrogens with zero attached hydrogens (tertiary/aromatic N) is 4. The maximum atomic E-state index is 14.5. The molecule has 2 rings (SSSR count). The van der Waals surface area contributed by atoms with Crippen LogP contribution in [0.25, 0.3) is 5.69 Å². The molecular weight excluding hydrogens is 461 g/mol. The number of ether oxygens (including phenoxy) is 1. The summed E-state index contributed by atoms with van der Waals surface area (Å²) in [6, 6.07) is 2.84. The van der Waals surface area contributed by atoms with Gasteiger partial charge in [-0.1, -0.05) is 11.6 Å². The highest BCUT2D eigenvalue weighted by Crippen LogP contribution is 2.35. The third-order valence-corrected chi connectivity index (χ3v) is 6.89. The van der Waals surface area contributed by atoms with Crippen LogP contribution >= 0.6 is 11.6 Å². The van der Waals surface area contributed by atoms with Gasteiger partial charge in [0.25, 0.3) is 0 Å². The number of rotatable bonds is 6. The van der Waals surface area contributed by atoms with Crippen molar-refractivity contribution in [3.05, 3.63) is 34.4 Å². The Morgan fingerprint density at radius 2 is 1.79 bits per heavy atom. The predicted octanol–water partition coefficient (Wildman–Crippen LogP) is 2.17. The maximum absolute atomic E-state index is 14.5. The van der Waals surface area contributed by atoms with Gasteiger partial charge in [0.05, 0.1) is 23.2 Å². The normalized spacial score (nSPS) is 12.1. The third-order valence-electron chi connectivity index (χ3n) is 3.36. The molecular formula is C14H12ClF3N4O5S2. The van der Waals surface area contributed by atoms with Gasteiger partial charge < -0.3 is 4.74 Å². The molecule has 29 heavy (non-hydrogen) atoms. The molecule has 0 fully saturated rings. The molecule has 1 aromatic carbocycles. The molecule has 1 aromatic heterocycles. The van der Waals surface area contributed by atoms with Gasteiger partial charge in [0.2, 0.25) is 20.0 Å². The summed E-state index contributed by atoms with van der Waals surface area (Å²) in [5.41, 5.74) is -2.09. The lowest BCUT2D eigenvalue weighted by molar-refractivity contribution is -0.0505. The first kappa shape index (κ1) is 22.8. The Bertz CT molecular complexity index is 1190. The molecule has 1 heterocycles. The van der Waals surface area contributed by atoms with E-state index in [9.17, 15) is 35.3 Å². The van der Waals surface area contributed by atoms with Gasteiger partial charge in [-0.15, -0.1) is 0 Å². The van der Waals surface area contributed by atoms with E-state index < -0.39 is 60.3 Å². The highest BCUT2D eigenvalue weighted by atomic mass is 35.5. The molecule has 15 heteroatoms. The Kier molecular flexibility index (Phi) is 6.07. The number of aromatic nitrogens is 2. The van der Waals surface area contributed by atoms with Crippen molar-refractivity contribution >= 4 is 37.3 Å². The van der Waals surface area contributed by atoms with E-state index in [-0.39, 0.29) is 9.40 Å². The Morgan fingerprint density at radius 1 is 1.24 bits per heavy atom. The Balaban J connectivity index is 2.85. The first-order valence-electron chi connectivity index (χ1n) is 7.33. The summed E-state index contributed by atoms with van der Waals surface area (Å²) >= 11 is 5.85. The largest absolute Gasteiger partial charge is 0.430 e. The van der Waals surface area contributed by atoms with E-state index in [1.807, 2.05) is 0 Å². The molecule has 0 saturated heterocycles. The van der Waals surface area contributed by atoms with Gasteiger partial charge in [0, 0.05) is 0 Å². The van der Waals surface area contributed by atoms with E-state index in [1.165, 1.54) is 13.0 Å². The predicted molar refractivity (Wildman–Crippen MR) is 96.8 cm³/mol. The smallest absolute Gasteiger partial charge is 0.387 e. The van der Waals surface area contributed by atoms with Crippen molar-refractivity contribution in [2.24, 2.45) is 0 Å². The van der Waals surface area contributed by atoms with E-state index >= 15 is 0 Å². The minimum absolute atomic E-state index is 0.0375. The van der Waals surface area contributed by atoms with Crippen LogP contribution in [0.1, 0.15) is 11.4 Å². The molecule has 0 N–H and O–H groups in total. The molecule has 9 nitrogen and oxygen atoms in total. The van der Waals surface area contributed by atoms with Crippen molar-refractivity contribution in [2.75, 3.05) is 16.2 Å². The van der Waals surface area contributed by atoms with Gasteiger partial charge in [0.1, 0.15) is 17.5 Å². The highest BCUT2D eigenvalue weighted by molar-refractivity contribution is 8.09. The van der Waals surface area contributed by atoms with Gasteiger partial charge in [-0.2, -0.15) is 22.9 Å². The molecule has 0 bridgehead atoms. The Labute approximate surface area is 169 Å². The maximum Gasteiger partial charge on any atom is 0.387 e. The van der Waals surface area contributed by atoms with Crippen molar-refractivity contribution in [3.8, 4) is 17.5 Å². The molecule has 0 spiro atoms. The zero-order valence-corrected chi connectivity index (χ0v) is 17.3. The lowest BCUT2D eigenvalue weighted by Gasteiger charge is -2.21. The molecule has 0 unspecified atom stereocenters. The average Bonchev–Trinajstić information content (AvgIpc) is 2.82. The number of benzene rings is 1. The molecule has 0 aliphatic heterocycles. The zero-order valence-electron chi connectivity index (χ0n) is 14.9. The second-order valence-electron chi connectivity index (χ2n) is 5.64. The Morgan fingerprint density at radius 3 is 2.24 bits per heavy atom. The van der Waals surface area contributed by atoms with E-state index in [4.69, 9.17) is 11.6 Å². The van der Waals surface area contributed by atoms with Gasteiger partial charge >= 0.3 is 6.61 Å². The number of hydrogen-bond acceptors (Lipinski definition) is 7. The van der Waals surface area contributed by atoms with Crippen LogP contribution in [0.2, 0.25) is 5.02 Å². The van der Waals surface area contributed by atoms with Crippen LogP contribution < -0.4 is 8.45 Å². The van der Waals surface area contributed by atoms with Gasteiger partial charge in [-0.05, 0) is 19.1 Å². The number of halogens is 4. The zero-order chi connectivity index (χ0) is 22.3.